The molecule has 0 aliphatic carbocycles. The number of hydrogen-bond donors (Lipinski definition) is 4. The standard InChI is InChI=1S/C21H23FN4O5S/c1-3-15-21(30)31-13(6-4-5-9-32)10-18(27)23-11-17-14(22)7-8-16(25-17)20(29)24-12(2)19(28)26-15/h3-4,6-8,13,15,32H,1-2,5,9-11H2,(H,23,27)(H,24,29)(H,26,28)/b6-4+/t13-,15+/m1/s1. The summed E-state index contributed by atoms with van der Waals surface area (Å²) in [5, 5.41) is 7.03. The van der Waals surface area contributed by atoms with Crippen molar-refractivity contribution in [1.82, 2.24) is 20.9 Å². The highest BCUT2D eigenvalue weighted by atomic mass is 32.1. The van der Waals surface area contributed by atoms with Crippen molar-refractivity contribution in [3.63, 3.8) is 0 Å². The number of allylic oxidation sites excluding steroid dienone is 1. The normalized spacial score (nSPS) is 20.9. The molecule has 0 saturated carbocycles. The van der Waals surface area contributed by atoms with E-state index >= 15 is 0 Å². The Morgan fingerprint density at radius 1 is 1.25 bits per heavy atom. The third kappa shape index (κ3) is 7.05. The number of ether oxygens (including phenoxy) is 1. The minimum atomic E-state index is -1.26. The van der Waals surface area contributed by atoms with Crippen molar-refractivity contribution in [2.45, 2.75) is 31.5 Å². The lowest BCUT2D eigenvalue weighted by Crippen LogP contribution is -2.45. The molecule has 0 saturated heterocycles. The van der Waals surface area contributed by atoms with Gasteiger partial charge in [0.2, 0.25) is 5.91 Å². The highest BCUT2D eigenvalue weighted by Crippen LogP contribution is 2.10. The second kappa shape index (κ2) is 11.8. The molecule has 170 valence electrons. The average Bonchev–Trinajstić information content (AvgIpc) is 2.75. The zero-order valence-electron chi connectivity index (χ0n) is 17.1. The molecule has 1 aromatic rings. The summed E-state index contributed by atoms with van der Waals surface area (Å²) < 4.78 is 19.4. The molecule has 1 aromatic heterocycles. The molecule has 2 bridgehead atoms. The van der Waals surface area contributed by atoms with Crippen LogP contribution in [0.4, 0.5) is 4.39 Å². The largest absolute Gasteiger partial charge is 0.456 e. The SMILES string of the molecule is C=C[C@@H]1NC(=O)C(=C)NC(=O)c2ccc(F)c(n2)CNC(=O)C[C@@H](/C=C/CCS)OC1=O. The Morgan fingerprint density at radius 2 is 2.00 bits per heavy atom. The molecule has 3 N–H and O–H groups in total. The number of aromatic nitrogens is 1. The van der Waals surface area contributed by atoms with Crippen molar-refractivity contribution in [3.8, 4) is 0 Å². The minimum absolute atomic E-state index is 0.181. The van der Waals surface area contributed by atoms with E-state index in [9.17, 15) is 23.6 Å². The first-order chi connectivity index (χ1) is 15.2. The van der Waals surface area contributed by atoms with Crippen LogP contribution in [0.15, 0.2) is 49.2 Å². The van der Waals surface area contributed by atoms with Gasteiger partial charge in [0, 0.05) is 0 Å². The molecule has 1 aliphatic rings. The number of carbonyl (C=O) groups excluding carboxylic acids is 4. The fourth-order valence-corrected chi connectivity index (χ4v) is 2.72. The van der Waals surface area contributed by atoms with Crippen LogP contribution < -0.4 is 16.0 Å². The lowest BCUT2D eigenvalue weighted by atomic mass is 10.2. The molecular weight excluding hydrogens is 439 g/mol. The fourth-order valence-electron chi connectivity index (χ4n) is 2.57. The second-order valence-electron chi connectivity index (χ2n) is 6.64. The van der Waals surface area contributed by atoms with Crippen molar-refractivity contribution in [2.24, 2.45) is 0 Å². The monoisotopic (exact) mass is 462 g/mol. The van der Waals surface area contributed by atoms with E-state index in [-0.39, 0.29) is 30.1 Å². The first-order valence-electron chi connectivity index (χ1n) is 9.59. The molecule has 32 heavy (non-hydrogen) atoms. The summed E-state index contributed by atoms with van der Waals surface area (Å²) in [6.07, 6.45) is 3.71. The van der Waals surface area contributed by atoms with Gasteiger partial charge in [-0.2, -0.15) is 12.6 Å². The summed E-state index contributed by atoms with van der Waals surface area (Å²) in [5.74, 6) is -3.29. The summed E-state index contributed by atoms with van der Waals surface area (Å²) in [7, 11) is 0. The van der Waals surface area contributed by atoms with E-state index in [4.69, 9.17) is 4.74 Å². The van der Waals surface area contributed by atoms with Crippen LogP contribution in [0.2, 0.25) is 0 Å². The van der Waals surface area contributed by atoms with E-state index in [0.717, 1.165) is 18.2 Å². The average molecular weight is 463 g/mol. The predicted octanol–water partition coefficient (Wildman–Crippen LogP) is 0.943. The van der Waals surface area contributed by atoms with E-state index < -0.39 is 41.7 Å². The Hall–Kier alpha value is -3.47. The fraction of sp³-hybridized carbons (Fsp3) is 0.286. The van der Waals surface area contributed by atoms with E-state index in [0.29, 0.717) is 12.2 Å². The van der Waals surface area contributed by atoms with Crippen LogP contribution in [-0.4, -0.2) is 46.6 Å². The molecule has 0 aromatic carbocycles. The molecule has 11 heteroatoms. The molecule has 0 radical (unpaired) electrons. The molecule has 1 aliphatic heterocycles. The van der Waals surface area contributed by atoms with Crippen LogP contribution in [0.1, 0.15) is 29.0 Å². The zero-order valence-corrected chi connectivity index (χ0v) is 18.0. The number of halogens is 1. The number of cyclic esters (lactones) is 1. The van der Waals surface area contributed by atoms with Gasteiger partial charge in [-0.1, -0.05) is 18.7 Å². The summed E-state index contributed by atoms with van der Waals surface area (Å²) in [4.78, 5) is 53.5. The van der Waals surface area contributed by atoms with Crippen molar-refractivity contribution >= 4 is 36.3 Å². The molecule has 9 nitrogen and oxygen atoms in total. The number of nitrogens with one attached hydrogen (secondary N) is 3. The van der Waals surface area contributed by atoms with Gasteiger partial charge in [0.1, 0.15) is 23.7 Å². The first-order valence-corrected chi connectivity index (χ1v) is 10.2. The van der Waals surface area contributed by atoms with Crippen LogP contribution >= 0.6 is 12.6 Å². The Morgan fingerprint density at radius 3 is 2.69 bits per heavy atom. The lowest BCUT2D eigenvalue weighted by molar-refractivity contribution is -0.150. The van der Waals surface area contributed by atoms with Gasteiger partial charge in [-0.05, 0) is 30.4 Å². The third-order valence-electron chi connectivity index (χ3n) is 4.22. The number of nitrogens with zero attached hydrogens (tertiary/aromatic N) is 1. The molecule has 0 spiro atoms. The number of hydrogen-bond acceptors (Lipinski definition) is 7. The summed E-state index contributed by atoms with van der Waals surface area (Å²) in [6.45, 7) is 6.66. The number of rotatable bonds is 4. The Labute approximate surface area is 189 Å². The molecule has 2 rings (SSSR count). The quantitative estimate of drug-likeness (QED) is 0.228. The molecular formula is C21H23FN4O5S. The van der Waals surface area contributed by atoms with E-state index in [1.54, 1.807) is 6.08 Å². The molecule has 2 atom stereocenters. The number of esters is 1. The van der Waals surface area contributed by atoms with Gasteiger partial charge in [0.25, 0.3) is 11.8 Å². The summed E-state index contributed by atoms with van der Waals surface area (Å²) >= 11 is 4.09. The predicted molar refractivity (Wildman–Crippen MR) is 117 cm³/mol. The number of amides is 3. The number of pyridine rings is 1. The van der Waals surface area contributed by atoms with Gasteiger partial charge in [0.15, 0.2) is 0 Å². The van der Waals surface area contributed by atoms with Gasteiger partial charge in [0.05, 0.1) is 24.4 Å². The highest BCUT2D eigenvalue weighted by Gasteiger charge is 2.25. The number of carbonyl (C=O) groups is 4. The van der Waals surface area contributed by atoms with Crippen molar-refractivity contribution in [3.05, 3.63) is 66.4 Å². The smallest absolute Gasteiger partial charge is 0.333 e. The van der Waals surface area contributed by atoms with Crippen molar-refractivity contribution < 1.29 is 28.3 Å². The first kappa shape index (κ1) is 24.8. The van der Waals surface area contributed by atoms with Gasteiger partial charge in [-0.15, -0.1) is 6.58 Å². The maximum absolute atomic E-state index is 14.1. The van der Waals surface area contributed by atoms with E-state index in [2.05, 4.69) is 46.7 Å². The maximum atomic E-state index is 14.1. The Bertz CT molecular complexity index is 966. The lowest BCUT2D eigenvalue weighted by Gasteiger charge is -2.20. The van der Waals surface area contributed by atoms with Crippen LogP contribution in [-0.2, 0) is 25.7 Å². The van der Waals surface area contributed by atoms with Crippen LogP contribution in [0.5, 0.6) is 0 Å². The zero-order chi connectivity index (χ0) is 23.7. The topological polar surface area (TPSA) is 126 Å². The van der Waals surface area contributed by atoms with Gasteiger partial charge in [-0.3, -0.25) is 14.4 Å². The van der Waals surface area contributed by atoms with Crippen molar-refractivity contribution in [1.29, 1.82) is 0 Å². The highest BCUT2D eigenvalue weighted by molar-refractivity contribution is 7.80. The van der Waals surface area contributed by atoms with Crippen LogP contribution in [0.25, 0.3) is 0 Å². The Balaban J connectivity index is 2.36. The molecule has 0 unspecified atom stereocenters. The summed E-state index contributed by atoms with van der Waals surface area (Å²) in [6, 6.07) is 0.883. The van der Waals surface area contributed by atoms with Crippen molar-refractivity contribution in [2.75, 3.05) is 5.75 Å². The summed E-state index contributed by atoms with van der Waals surface area (Å²) in [5.41, 5.74) is -0.740. The number of thiol groups is 1. The molecule has 0 fully saturated rings. The number of fused-ring (bicyclic) bond motifs is 2. The second-order valence-corrected chi connectivity index (χ2v) is 7.09. The molecule has 3 amide bonds. The maximum Gasteiger partial charge on any atom is 0.333 e. The van der Waals surface area contributed by atoms with Crippen LogP contribution in [0, 0.1) is 5.82 Å². The third-order valence-corrected chi connectivity index (χ3v) is 4.48. The van der Waals surface area contributed by atoms with E-state index in [1.165, 1.54) is 6.08 Å². The van der Waals surface area contributed by atoms with Gasteiger partial charge in [-0.25, -0.2) is 14.2 Å². The van der Waals surface area contributed by atoms with Gasteiger partial charge < -0.3 is 20.7 Å². The minimum Gasteiger partial charge on any atom is -0.456 e. The van der Waals surface area contributed by atoms with Crippen LogP contribution in [0.3, 0.4) is 0 Å². The van der Waals surface area contributed by atoms with Gasteiger partial charge >= 0.3 is 5.97 Å². The van der Waals surface area contributed by atoms with E-state index in [1.807, 2.05) is 0 Å². The molecule has 2 heterocycles. The Kier molecular flexibility index (Phi) is 9.14.